The average molecular weight is 626 g/mol. The van der Waals surface area contributed by atoms with Crippen LogP contribution in [0, 0.1) is 11.8 Å². The first-order valence-electron chi connectivity index (χ1n) is 14.7. The normalized spacial score (nSPS) is 23.2. The molecule has 0 N–H and O–H groups in total. The Morgan fingerprint density at radius 2 is 1.82 bits per heavy atom. The lowest BCUT2D eigenvalue weighted by Crippen LogP contribution is -2.32. The molecule has 3 fully saturated rings. The summed E-state index contributed by atoms with van der Waals surface area (Å²) in [6.45, 7) is 0.214. The highest BCUT2D eigenvalue weighted by Gasteiger charge is 2.44. The van der Waals surface area contributed by atoms with E-state index in [1.165, 1.54) is 19.2 Å². The Balaban J connectivity index is 1.05. The molecule has 44 heavy (non-hydrogen) atoms. The van der Waals surface area contributed by atoms with E-state index >= 15 is 0 Å². The van der Waals surface area contributed by atoms with Crippen molar-refractivity contribution in [2.45, 2.75) is 73.8 Å². The van der Waals surface area contributed by atoms with Gasteiger partial charge in [-0.15, -0.1) is 24.9 Å². The molecule has 4 atom stereocenters. The third-order valence-electron chi connectivity index (χ3n) is 8.78. The Kier molecular flexibility index (Phi) is 7.74. The summed E-state index contributed by atoms with van der Waals surface area (Å²) in [7, 11) is 1.35. The number of methoxy groups -OCH3 is 1. The van der Waals surface area contributed by atoms with Crippen LogP contribution in [0.5, 0.6) is 5.75 Å². The lowest BCUT2D eigenvalue weighted by molar-refractivity contribution is -0.274. The Hall–Kier alpha value is -3.64. The van der Waals surface area contributed by atoms with Gasteiger partial charge in [0.25, 0.3) is 0 Å². The number of thioether (sulfide) groups is 1. The van der Waals surface area contributed by atoms with E-state index < -0.39 is 12.3 Å². The van der Waals surface area contributed by atoms with E-state index in [1.54, 1.807) is 42.2 Å². The highest BCUT2D eigenvalue weighted by molar-refractivity contribution is 7.99. The minimum Gasteiger partial charge on any atom is -0.465 e. The molecule has 0 saturated heterocycles. The number of nitrogens with zero attached hydrogens (tertiary/aromatic N) is 3. The summed E-state index contributed by atoms with van der Waals surface area (Å²) in [6.07, 6.45) is 2.81. The number of alkyl halides is 3. The lowest BCUT2D eigenvalue weighted by atomic mass is 9.86. The number of halogens is 3. The van der Waals surface area contributed by atoms with E-state index in [1.807, 2.05) is 6.07 Å². The molecule has 3 saturated carbocycles. The van der Waals surface area contributed by atoms with Gasteiger partial charge in [0.1, 0.15) is 27.7 Å². The Morgan fingerprint density at radius 1 is 1.05 bits per heavy atom. The maximum atomic E-state index is 13.1. The Bertz CT molecular complexity index is 1680. The van der Waals surface area contributed by atoms with Crippen molar-refractivity contribution in [3.05, 3.63) is 65.5 Å². The molecule has 3 aliphatic rings. The molecule has 8 nitrogen and oxygen atoms in total. The number of ether oxygens (including phenoxy) is 3. The van der Waals surface area contributed by atoms with Gasteiger partial charge in [0.15, 0.2) is 0 Å². The van der Waals surface area contributed by atoms with Gasteiger partial charge in [-0.1, -0.05) is 23.4 Å². The van der Waals surface area contributed by atoms with Gasteiger partial charge in [0.05, 0.1) is 37.1 Å². The minimum absolute atomic E-state index is 0.0196. The highest BCUT2D eigenvalue weighted by Crippen LogP contribution is 2.51. The van der Waals surface area contributed by atoms with Gasteiger partial charge >= 0.3 is 12.3 Å². The van der Waals surface area contributed by atoms with E-state index in [0.29, 0.717) is 50.7 Å². The van der Waals surface area contributed by atoms with Gasteiger partial charge in [0.2, 0.25) is 0 Å². The first kappa shape index (κ1) is 29.1. The van der Waals surface area contributed by atoms with Gasteiger partial charge in [-0.05, 0) is 74.6 Å². The number of esters is 1. The fourth-order valence-electron chi connectivity index (χ4n) is 6.66. The molecule has 7 rings (SSSR count). The van der Waals surface area contributed by atoms with E-state index in [9.17, 15) is 18.0 Å². The predicted molar refractivity (Wildman–Crippen MR) is 155 cm³/mol. The third kappa shape index (κ3) is 5.89. The fraction of sp³-hybridized carbons (Fsp3) is 0.438. The number of rotatable bonds is 9. The maximum absolute atomic E-state index is 13.1. The number of benzene rings is 2. The van der Waals surface area contributed by atoms with E-state index in [4.69, 9.17) is 19.0 Å². The van der Waals surface area contributed by atoms with Crippen LogP contribution in [-0.4, -0.2) is 45.9 Å². The highest BCUT2D eigenvalue weighted by atomic mass is 32.2. The second-order valence-corrected chi connectivity index (χ2v) is 12.8. The van der Waals surface area contributed by atoms with Crippen LogP contribution in [0.3, 0.4) is 0 Å². The van der Waals surface area contributed by atoms with Crippen LogP contribution in [0.2, 0.25) is 0 Å². The molecule has 0 radical (unpaired) electrons. The number of aromatic nitrogens is 3. The lowest BCUT2D eigenvalue weighted by Gasteiger charge is -2.34. The second-order valence-electron chi connectivity index (χ2n) is 11.6. The Morgan fingerprint density at radius 3 is 2.55 bits per heavy atom. The van der Waals surface area contributed by atoms with Crippen molar-refractivity contribution < 1.29 is 36.7 Å². The largest absolute Gasteiger partial charge is 0.573 e. The number of hydrogen-bond acceptors (Lipinski definition) is 9. The second kappa shape index (κ2) is 11.7. The van der Waals surface area contributed by atoms with Crippen LogP contribution in [0.15, 0.2) is 58.2 Å². The van der Waals surface area contributed by atoms with Crippen molar-refractivity contribution in [1.82, 2.24) is 15.1 Å². The first-order valence-corrected chi connectivity index (χ1v) is 15.6. The standard InChI is InChI=1S/C32H30F3N3O5S/c1-40-31(39)22-6-4-7-24-28(22)36-15-26(37-24)44-30-18-11-12-19(30)14-20(13-18)41-16-23-27(38-43-29(23)17-9-10-17)21-5-2-3-8-25(21)42-32(33,34)35/h2-8,15,17-20,30H,9-14,16H2,1H3/t18-,19+,20?,30?. The molecule has 230 valence electrons. The van der Waals surface area contributed by atoms with Gasteiger partial charge in [-0.25, -0.2) is 9.78 Å². The number of hydrogen-bond donors (Lipinski definition) is 0. The fourth-order valence-corrected chi connectivity index (χ4v) is 8.08. The van der Waals surface area contributed by atoms with Crippen LogP contribution in [-0.2, 0) is 16.1 Å². The predicted octanol–water partition coefficient (Wildman–Crippen LogP) is 7.71. The maximum Gasteiger partial charge on any atom is 0.573 e. The summed E-state index contributed by atoms with van der Waals surface area (Å²) in [4.78, 5) is 21.5. The smallest absolute Gasteiger partial charge is 0.465 e. The summed E-state index contributed by atoms with van der Waals surface area (Å²) >= 11 is 1.74. The van der Waals surface area contributed by atoms with E-state index in [-0.39, 0.29) is 29.9 Å². The van der Waals surface area contributed by atoms with Crippen molar-refractivity contribution in [2.24, 2.45) is 11.8 Å². The van der Waals surface area contributed by atoms with Crippen LogP contribution in [0.4, 0.5) is 13.2 Å². The molecule has 0 aliphatic heterocycles. The molecule has 3 aliphatic carbocycles. The first-order chi connectivity index (χ1) is 21.3. The van der Waals surface area contributed by atoms with Crippen molar-refractivity contribution >= 4 is 28.8 Å². The molecule has 2 aromatic heterocycles. The summed E-state index contributed by atoms with van der Waals surface area (Å²) in [6, 6.07) is 11.3. The summed E-state index contributed by atoms with van der Waals surface area (Å²) < 4.78 is 60.8. The quantitative estimate of drug-likeness (QED) is 0.173. The molecular formula is C32H30F3N3O5S. The molecule has 4 aromatic rings. The SMILES string of the molecule is COC(=O)c1cccc2nc(SC3[C@@H]4CC[C@H]3CC(OCc3c(-c5ccccc5OC(F)(F)F)noc3C3CC3)C4)cnc12. The molecule has 0 amide bonds. The number of carbonyl (C=O) groups is 1. The van der Waals surface area contributed by atoms with E-state index in [2.05, 4.69) is 14.9 Å². The average Bonchev–Trinajstić information content (AvgIpc) is 3.73. The Labute approximate surface area is 255 Å². The van der Waals surface area contributed by atoms with E-state index in [0.717, 1.165) is 43.6 Å². The van der Waals surface area contributed by atoms with Crippen LogP contribution in [0.25, 0.3) is 22.3 Å². The summed E-state index contributed by atoms with van der Waals surface area (Å²) in [5, 5.41) is 5.40. The van der Waals surface area contributed by atoms with Crippen molar-refractivity contribution in [2.75, 3.05) is 7.11 Å². The molecule has 2 heterocycles. The number of para-hydroxylation sites is 2. The molecule has 2 unspecified atom stereocenters. The summed E-state index contributed by atoms with van der Waals surface area (Å²) in [5.74, 6) is 1.02. The van der Waals surface area contributed by atoms with Crippen LogP contribution >= 0.6 is 11.8 Å². The number of fused-ring (bicyclic) bond motifs is 3. The van der Waals surface area contributed by atoms with Gasteiger partial charge in [-0.3, -0.25) is 4.98 Å². The molecule has 2 bridgehead atoms. The van der Waals surface area contributed by atoms with Crippen molar-refractivity contribution in [3.8, 4) is 17.0 Å². The molecule has 2 aromatic carbocycles. The molecule has 12 heteroatoms. The van der Waals surface area contributed by atoms with Crippen LogP contribution < -0.4 is 4.74 Å². The monoisotopic (exact) mass is 625 g/mol. The zero-order chi connectivity index (χ0) is 30.4. The molecule has 0 spiro atoms. The van der Waals surface area contributed by atoms with Crippen molar-refractivity contribution in [1.29, 1.82) is 0 Å². The third-order valence-corrected chi connectivity index (χ3v) is 10.3. The molecular weight excluding hydrogens is 595 g/mol. The van der Waals surface area contributed by atoms with Gasteiger partial charge in [-0.2, -0.15) is 0 Å². The van der Waals surface area contributed by atoms with Crippen molar-refractivity contribution in [3.63, 3.8) is 0 Å². The minimum atomic E-state index is -4.82. The topological polar surface area (TPSA) is 96.6 Å². The number of carbonyl (C=O) groups excluding carboxylic acids is 1. The zero-order valence-corrected chi connectivity index (χ0v) is 24.7. The zero-order valence-electron chi connectivity index (χ0n) is 23.9. The van der Waals surface area contributed by atoms with Gasteiger partial charge in [0, 0.05) is 22.3 Å². The van der Waals surface area contributed by atoms with Crippen LogP contribution in [0.1, 0.15) is 66.1 Å². The summed E-state index contributed by atoms with van der Waals surface area (Å²) in [5.41, 5.74) is 2.84. The van der Waals surface area contributed by atoms with Gasteiger partial charge < -0.3 is 18.7 Å².